The predicted octanol–water partition coefficient (Wildman–Crippen LogP) is 2.67. The second-order valence-electron chi connectivity index (χ2n) is 4.98. The Morgan fingerprint density at radius 1 is 1.42 bits per heavy atom. The first-order valence-electron chi connectivity index (χ1n) is 6.70. The summed E-state index contributed by atoms with van der Waals surface area (Å²) in [7, 11) is 0. The van der Waals surface area contributed by atoms with Crippen LogP contribution >= 0.6 is 0 Å². The van der Waals surface area contributed by atoms with Crippen molar-refractivity contribution in [1.29, 1.82) is 0 Å². The maximum absolute atomic E-state index is 11.1. The number of aliphatic carboxylic acids is 1. The molecule has 1 unspecified atom stereocenters. The number of ether oxygens (including phenoxy) is 1. The minimum Gasteiger partial charge on any atom is -0.494 e. The first-order valence-corrected chi connectivity index (χ1v) is 6.70. The number of carbonyl (C=O) groups is 1. The quantitative estimate of drug-likeness (QED) is 0.758. The van der Waals surface area contributed by atoms with Crippen LogP contribution in [0.5, 0.6) is 5.75 Å². The molecule has 4 heteroatoms. The van der Waals surface area contributed by atoms with E-state index in [9.17, 15) is 4.79 Å². The lowest BCUT2D eigenvalue weighted by atomic mass is 10.0. The van der Waals surface area contributed by atoms with Crippen molar-refractivity contribution in [2.45, 2.75) is 39.8 Å². The molecule has 19 heavy (non-hydrogen) atoms. The van der Waals surface area contributed by atoms with E-state index in [4.69, 9.17) is 9.84 Å². The molecule has 0 aliphatic heterocycles. The van der Waals surface area contributed by atoms with Crippen LogP contribution in [0.25, 0.3) is 0 Å². The Labute approximate surface area is 114 Å². The Balaban J connectivity index is 2.58. The Bertz CT molecular complexity index is 404. The molecule has 0 heterocycles. The third-order valence-corrected chi connectivity index (χ3v) is 2.77. The van der Waals surface area contributed by atoms with Gasteiger partial charge in [-0.05, 0) is 37.0 Å². The smallest absolute Gasteiger partial charge is 0.320 e. The standard InChI is InChI=1S/C15H23NO3/c1-4-19-13-7-5-6-12(9-13)10-16-14(15(17)18)8-11(2)3/h5-7,9,11,14,16H,4,8,10H2,1-3H3,(H,17,18). The molecule has 0 amide bonds. The molecule has 4 nitrogen and oxygen atoms in total. The van der Waals surface area contributed by atoms with Crippen LogP contribution in [0.3, 0.4) is 0 Å². The van der Waals surface area contributed by atoms with E-state index >= 15 is 0 Å². The summed E-state index contributed by atoms with van der Waals surface area (Å²) < 4.78 is 5.42. The molecule has 0 fully saturated rings. The number of benzene rings is 1. The van der Waals surface area contributed by atoms with Gasteiger partial charge in [0.25, 0.3) is 0 Å². The Kier molecular flexibility index (Phi) is 6.36. The van der Waals surface area contributed by atoms with Crippen molar-refractivity contribution in [2.75, 3.05) is 6.61 Å². The van der Waals surface area contributed by atoms with Gasteiger partial charge in [-0.3, -0.25) is 4.79 Å². The zero-order chi connectivity index (χ0) is 14.3. The molecular formula is C15H23NO3. The minimum absolute atomic E-state index is 0.350. The van der Waals surface area contributed by atoms with Gasteiger partial charge >= 0.3 is 5.97 Å². The maximum Gasteiger partial charge on any atom is 0.320 e. The van der Waals surface area contributed by atoms with E-state index in [0.717, 1.165) is 11.3 Å². The van der Waals surface area contributed by atoms with Crippen LogP contribution in [0.15, 0.2) is 24.3 Å². The van der Waals surface area contributed by atoms with Crippen LogP contribution in [-0.2, 0) is 11.3 Å². The highest BCUT2D eigenvalue weighted by molar-refractivity contribution is 5.73. The van der Waals surface area contributed by atoms with Gasteiger partial charge in [-0.15, -0.1) is 0 Å². The fraction of sp³-hybridized carbons (Fsp3) is 0.533. The number of nitrogens with one attached hydrogen (secondary N) is 1. The van der Waals surface area contributed by atoms with E-state index in [-0.39, 0.29) is 0 Å². The first kappa shape index (κ1) is 15.5. The van der Waals surface area contributed by atoms with Crippen LogP contribution in [0.1, 0.15) is 32.8 Å². The van der Waals surface area contributed by atoms with Gasteiger partial charge in [0.1, 0.15) is 11.8 Å². The van der Waals surface area contributed by atoms with Gasteiger partial charge in [-0.1, -0.05) is 26.0 Å². The predicted molar refractivity (Wildman–Crippen MR) is 75.3 cm³/mol. The molecular weight excluding hydrogens is 242 g/mol. The fourth-order valence-corrected chi connectivity index (χ4v) is 1.90. The minimum atomic E-state index is -0.797. The van der Waals surface area contributed by atoms with Gasteiger partial charge < -0.3 is 15.2 Å². The Morgan fingerprint density at radius 2 is 2.16 bits per heavy atom. The summed E-state index contributed by atoms with van der Waals surface area (Å²) in [5.41, 5.74) is 1.03. The van der Waals surface area contributed by atoms with E-state index in [2.05, 4.69) is 5.32 Å². The third kappa shape index (κ3) is 5.75. The molecule has 2 N–H and O–H groups in total. The molecule has 0 saturated carbocycles. The van der Waals surface area contributed by atoms with E-state index in [0.29, 0.717) is 25.5 Å². The van der Waals surface area contributed by atoms with Crippen LogP contribution in [0, 0.1) is 5.92 Å². The van der Waals surface area contributed by atoms with Crippen LogP contribution in [0.4, 0.5) is 0 Å². The van der Waals surface area contributed by atoms with Crippen molar-refractivity contribution in [1.82, 2.24) is 5.32 Å². The lowest BCUT2D eigenvalue weighted by Gasteiger charge is -2.16. The Hall–Kier alpha value is -1.55. The van der Waals surface area contributed by atoms with Gasteiger partial charge in [0.2, 0.25) is 0 Å². The van der Waals surface area contributed by atoms with Crippen molar-refractivity contribution >= 4 is 5.97 Å². The fourth-order valence-electron chi connectivity index (χ4n) is 1.90. The summed E-state index contributed by atoms with van der Waals surface area (Å²) in [6, 6.07) is 7.21. The summed E-state index contributed by atoms with van der Waals surface area (Å²) >= 11 is 0. The zero-order valence-electron chi connectivity index (χ0n) is 11.8. The van der Waals surface area contributed by atoms with Gasteiger partial charge in [-0.2, -0.15) is 0 Å². The molecule has 1 atom stereocenters. The number of carboxylic acid groups (broad SMARTS) is 1. The summed E-state index contributed by atoms with van der Waals surface area (Å²) in [5.74, 6) is 0.371. The molecule has 1 rings (SSSR count). The average molecular weight is 265 g/mol. The topological polar surface area (TPSA) is 58.6 Å². The van der Waals surface area contributed by atoms with Crippen molar-refractivity contribution in [3.8, 4) is 5.75 Å². The molecule has 0 saturated heterocycles. The molecule has 106 valence electrons. The second-order valence-corrected chi connectivity index (χ2v) is 4.98. The molecule has 0 aliphatic rings. The summed E-state index contributed by atoms with van der Waals surface area (Å²) in [4.78, 5) is 11.1. The first-order chi connectivity index (χ1) is 9.02. The number of rotatable bonds is 8. The van der Waals surface area contributed by atoms with Crippen molar-refractivity contribution in [3.05, 3.63) is 29.8 Å². The molecule has 1 aromatic carbocycles. The van der Waals surface area contributed by atoms with E-state index < -0.39 is 12.0 Å². The van der Waals surface area contributed by atoms with Gasteiger partial charge in [0.15, 0.2) is 0 Å². The van der Waals surface area contributed by atoms with Crippen molar-refractivity contribution < 1.29 is 14.6 Å². The highest BCUT2D eigenvalue weighted by atomic mass is 16.5. The monoisotopic (exact) mass is 265 g/mol. The van der Waals surface area contributed by atoms with E-state index in [1.165, 1.54) is 0 Å². The summed E-state index contributed by atoms with van der Waals surface area (Å²) in [6.45, 7) is 7.14. The highest BCUT2D eigenvalue weighted by Gasteiger charge is 2.17. The number of hydrogen-bond donors (Lipinski definition) is 2. The second kappa shape index (κ2) is 7.79. The number of carboxylic acids is 1. The molecule has 0 bridgehead atoms. The van der Waals surface area contributed by atoms with Crippen molar-refractivity contribution in [2.24, 2.45) is 5.92 Å². The maximum atomic E-state index is 11.1. The average Bonchev–Trinajstić information content (AvgIpc) is 2.34. The van der Waals surface area contributed by atoms with Crippen molar-refractivity contribution in [3.63, 3.8) is 0 Å². The largest absolute Gasteiger partial charge is 0.494 e. The Morgan fingerprint density at radius 3 is 2.74 bits per heavy atom. The van der Waals surface area contributed by atoms with Crippen LogP contribution < -0.4 is 10.1 Å². The lowest BCUT2D eigenvalue weighted by molar-refractivity contribution is -0.140. The van der Waals surface area contributed by atoms with Gasteiger partial charge in [0.05, 0.1) is 6.61 Å². The highest BCUT2D eigenvalue weighted by Crippen LogP contribution is 2.14. The van der Waals surface area contributed by atoms with Crippen LogP contribution in [-0.4, -0.2) is 23.7 Å². The SMILES string of the molecule is CCOc1cccc(CNC(CC(C)C)C(=O)O)c1. The normalized spacial score (nSPS) is 12.4. The third-order valence-electron chi connectivity index (χ3n) is 2.77. The number of hydrogen-bond acceptors (Lipinski definition) is 3. The molecule has 0 radical (unpaired) electrons. The van der Waals surface area contributed by atoms with E-state index in [1.807, 2.05) is 45.0 Å². The zero-order valence-corrected chi connectivity index (χ0v) is 11.8. The van der Waals surface area contributed by atoms with Gasteiger partial charge in [-0.25, -0.2) is 0 Å². The molecule has 1 aromatic rings. The lowest BCUT2D eigenvalue weighted by Crippen LogP contribution is -2.37. The van der Waals surface area contributed by atoms with E-state index in [1.54, 1.807) is 0 Å². The molecule has 0 aromatic heterocycles. The molecule has 0 aliphatic carbocycles. The van der Waals surface area contributed by atoms with Gasteiger partial charge in [0, 0.05) is 6.54 Å². The van der Waals surface area contributed by atoms with Crippen LogP contribution in [0.2, 0.25) is 0 Å². The molecule has 0 spiro atoms. The summed E-state index contributed by atoms with van der Waals surface area (Å²) in [6.07, 6.45) is 0.625. The summed E-state index contributed by atoms with van der Waals surface area (Å²) in [5, 5.41) is 12.2.